The Hall–Kier alpha value is -1.20. The first-order chi connectivity index (χ1) is 9.06. The lowest BCUT2D eigenvalue weighted by Gasteiger charge is -2.07. The van der Waals surface area contributed by atoms with Crippen LogP contribution in [-0.2, 0) is 6.54 Å². The van der Waals surface area contributed by atoms with Crippen LogP contribution in [0.2, 0.25) is 0 Å². The molecule has 0 atom stereocenters. The fourth-order valence-corrected chi connectivity index (χ4v) is 2.26. The number of oxazole rings is 1. The Morgan fingerprint density at radius 3 is 2.84 bits per heavy atom. The molecular weight excluding hydrogens is 311 g/mol. The summed E-state index contributed by atoms with van der Waals surface area (Å²) in [5, 5.41) is 3.30. The molecule has 19 heavy (non-hydrogen) atoms. The van der Waals surface area contributed by atoms with Gasteiger partial charge in [-0.2, -0.15) is 0 Å². The van der Waals surface area contributed by atoms with Crippen molar-refractivity contribution in [3.8, 4) is 11.3 Å². The van der Waals surface area contributed by atoms with Crippen molar-refractivity contribution in [2.45, 2.75) is 20.4 Å². The number of rotatable bonds is 5. The lowest BCUT2D eigenvalue weighted by atomic mass is 10.1. The van der Waals surface area contributed by atoms with Crippen molar-refractivity contribution in [3.63, 3.8) is 0 Å². The van der Waals surface area contributed by atoms with E-state index in [1.807, 2.05) is 6.07 Å². The summed E-state index contributed by atoms with van der Waals surface area (Å²) in [5.74, 6) is 0.872. The van der Waals surface area contributed by atoms with E-state index in [9.17, 15) is 4.39 Å². The minimum Gasteiger partial charge on any atom is -0.443 e. The van der Waals surface area contributed by atoms with Crippen LogP contribution in [0, 0.1) is 11.7 Å². The molecule has 102 valence electrons. The van der Waals surface area contributed by atoms with Crippen molar-refractivity contribution in [2.24, 2.45) is 5.92 Å². The number of benzene rings is 1. The Morgan fingerprint density at radius 1 is 1.37 bits per heavy atom. The van der Waals surface area contributed by atoms with Crippen LogP contribution in [0.1, 0.15) is 19.5 Å². The maximum Gasteiger partial charge on any atom is 0.181 e. The smallest absolute Gasteiger partial charge is 0.181 e. The summed E-state index contributed by atoms with van der Waals surface area (Å²) in [7, 11) is 0. The predicted octanol–water partition coefficient (Wildman–Crippen LogP) is 3.99. The zero-order chi connectivity index (χ0) is 13.8. The highest BCUT2D eigenvalue weighted by atomic mass is 79.9. The van der Waals surface area contributed by atoms with Crippen LogP contribution < -0.4 is 5.32 Å². The van der Waals surface area contributed by atoms with Crippen molar-refractivity contribution in [2.75, 3.05) is 6.54 Å². The molecule has 0 amide bonds. The van der Waals surface area contributed by atoms with E-state index in [1.165, 1.54) is 18.5 Å². The normalized spacial score (nSPS) is 11.2. The van der Waals surface area contributed by atoms with Gasteiger partial charge in [0.15, 0.2) is 12.2 Å². The number of nitrogens with one attached hydrogen (secondary N) is 1. The van der Waals surface area contributed by atoms with Gasteiger partial charge < -0.3 is 9.73 Å². The molecule has 0 aliphatic carbocycles. The van der Waals surface area contributed by atoms with Gasteiger partial charge >= 0.3 is 0 Å². The van der Waals surface area contributed by atoms with Gasteiger partial charge in [0.05, 0.1) is 0 Å². The number of hydrogen-bond donors (Lipinski definition) is 1. The molecule has 5 heteroatoms. The van der Waals surface area contributed by atoms with Crippen LogP contribution in [0.3, 0.4) is 0 Å². The summed E-state index contributed by atoms with van der Waals surface area (Å²) in [6.07, 6.45) is 1.39. The molecule has 0 unspecified atom stereocenters. The van der Waals surface area contributed by atoms with Crippen LogP contribution in [0.4, 0.5) is 4.39 Å². The number of nitrogens with zero attached hydrogens (tertiary/aromatic N) is 1. The third-order valence-corrected chi connectivity index (χ3v) is 3.07. The number of hydrogen-bond acceptors (Lipinski definition) is 3. The topological polar surface area (TPSA) is 38.1 Å². The molecule has 1 aromatic carbocycles. The van der Waals surface area contributed by atoms with Gasteiger partial charge in [-0.05, 0) is 30.7 Å². The van der Waals surface area contributed by atoms with E-state index in [0.717, 1.165) is 12.2 Å². The molecule has 3 nitrogen and oxygen atoms in total. The van der Waals surface area contributed by atoms with Crippen LogP contribution >= 0.6 is 15.9 Å². The van der Waals surface area contributed by atoms with Crippen LogP contribution in [0.15, 0.2) is 33.5 Å². The molecule has 0 bridgehead atoms. The highest BCUT2D eigenvalue weighted by Crippen LogP contribution is 2.27. The van der Waals surface area contributed by atoms with E-state index in [4.69, 9.17) is 4.42 Å². The molecule has 1 aromatic heterocycles. The van der Waals surface area contributed by atoms with Gasteiger partial charge in [-0.1, -0.05) is 29.8 Å². The quantitative estimate of drug-likeness (QED) is 0.902. The molecule has 1 N–H and O–H groups in total. The van der Waals surface area contributed by atoms with Gasteiger partial charge in [0.25, 0.3) is 0 Å². The molecule has 1 heterocycles. The van der Waals surface area contributed by atoms with E-state index < -0.39 is 0 Å². The first-order valence-electron chi connectivity index (χ1n) is 6.16. The van der Waals surface area contributed by atoms with Crippen molar-refractivity contribution in [1.29, 1.82) is 0 Å². The molecule has 0 aliphatic heterocycles. The monoisotopic (exact) mass is 326 g/mol. The maximum absolute atomic E-state index is 13.4. The van der Waals surface area contributed by atoms with E-state index in [0.29, 0.717) is 28.3 Å². The van der Waals surface area contributed by atoms with Crippen molar-refractivity contribution in [3.05, 3.63) is 40.6 Å². The zero-order valence-electron chi connectivity index (χ0n) is 10.9. The predicted molar refractivity (Wildman–Crippen MR) is 76.1 cm³/mol. The average molecular weight is 327 g/mol. The standard InChI is InChI=1S/C14H16BrFN2O/c1-9(2)6-17-7-13-14(19-8-18-13)10-3-11(15)5-12(16)4-10/h3-5,8-9,17H,6-7H2,1-2H3. The minimum absolute atomic E-state index is 0.304. The van der Waals surface area contributed by atoms with Gasteiger partial charge in [0.1, 0.15) is 11.5 Å². The zero-order valence-corrected chi connectivity index (χ0v) is 12.5. The van der Waals surface area contributed by atoms with Crippen LogP contribution in [0.25, 0.3) is 11.3 Å². The van der Waals surface area contributed by atoms with E-state index in [2.05, 4.69) is 40.1 Å². The summed E-state index contributed by atoms with van der Waals surface area (Å²) < 4.78 is 19.5. The second-order valence-corrected chi connectivity index (χ2v) is 5.73. The first kappa shape index (κ1) is 14.2. The lowest BCUT2D eigenvalue weighted by molar-refractivity contribution is 0.544. The van der Waals surface area contributed by atoms with Crippen molar-refractivity contribution >= 4 is 15.9 Å². The second kappa shape index (κ2) is 6.30. The summed E-state index contributed by atoms with van der Waals surface area (Å²) in [5.41, 5.74) is 1.48. The average Bonchev–Trinajstić information content (AvgIpc) is 2.75. The second-order valence-electron chi connectivity index (χ2n) is 4.81. The molecule has 0 fully saturated rings. The molecule has 0 radical (unpaired) electrons. The number of aromatic nitrogens is 1. The Morgan fingerprint density at radius 2 is 2.16 bits per heavy atom. The molecule has 0 aliphatic rings. The van der Waals surface area contributed by atoms with Gasteiger partial charge in [0.2, 0.25) is 0 Å². The lowest BCUT2D eigenvalue weighted by Crippen LogP contribution is -2.19. The molecule has 0 saturated carbocycles. The summed E-state index contributed by atoms with van der Waals surface area (Å²) in [6.45, 7) is 5.79. The van der Waals surface area contributed by atoms with Crippen molar-refractivity contribution < 1.29 is 8.81 Å². The highest BCUT2D eigenvalue weighted by molar-refractivity contribution is 9.10. The van der Waals surface area contributed by atoms with E-state index in [1.54, 1.807) is 0 Å². The van der Waals surface area contributed by atoms with Gasteiger partial charge in [-0.25, -0.2) is 9.37 Å². The molecule has 0 saturated heterocycles. The van der Waals surface area contributed by atoms with E-state index >= 15 is 0 Å². The third-order valence-electron chi connectivity index (χ3n) is 2.61. The summed E-state index contributed by atoms with van der Waals surface area (Å²) in [6, 6.07) is 4.67. The Balaban J connectivity index is 2.18. The molecule has 0 spiro atoms. The Bertz CT molecular complexity index is 534. The van der Waals surface area contributed by atoms with Crippen LogP contribution in [0.5, 0.6) is 0 Å². The van der Waals surface area contributed by atoms with Crippen molar-refractivity contribution in [1.82, 2.24) is 10.3 Å². The first-order valence-corrected chi connectivity index (χ1v) is 6.95. The summed E-state index contributed by atoms with van der Waals surface area (Å²) >= 11 is 3.28. The van der Waals surface area contributed by atoms with Gasteiger partial charge in [-0.15, -0.1) is 0 Å². The fourth-order valence-electron chi connectivity index (χ4n) is 1.79. The van der Waals surface area contributed by atoms with Gasteiger partial charge in [-0.3, -0.25) is 0 Å². The minimum atomic E-state index is -0.304. The molecule has 2 rings (SSSR count). The summed E-state index contributed by atoms with van der Waals surface area (Å²) in [4.78, 5) is 4.18. The third kappa shape index (κ3) is 3.88. The Labute approximate surface area is 120 Å². The molecule has 2 aromatic rings. The number of halogens is 2. The Kier molecular flexibility index (Phi) is 4.71. The molecular formula is C14H16BrFN2O. The van der Waals surface area contributed by atoms with Crippen LogP contribution in [-0.4, -0.2) is 11.5 Å². The van der Waals surface area contributed by atoms with Gasteiger partial charge in [0, 0.05) is 16.6 Å². The fraction of sp³-hybridized carbons (Fsp3) is 0.357. The SMILES string of the molecule is CC(C)CNCc1ncoc1-c1cc(F)cc(Br)c1. The maximum atomic E-state index is 13.4. The highest BCUT2D eigenvalue weighted by Gasteiger charge is 2.12. The largest absolute Gasteiger partial charge is 0.443 e. The van der Waals surface area contributed by atoms with E-state index in [-0.39, 0.29) is 5.82 Å².